The second-order valence-corrected chi connectivity index (χ2v) is 10.1. The molecule has 9 heteroatoms. The highest BCUT2D eigenvalue weighted by molar-refractivity contribution is 6.00. The highest BCUT2D eigenvalue weighted by atomic mass is 16.6. The number of fused-ring (bicyclic) bond motifs is 1. The molecule has 0 saturated heterocycles. The minimum atomic E-state index is -1.43. The monoisotopic (exact) mass is 530 g/mol. The van der Waals surface area contributed by atoms with E-state index in [-0.39, 0.29) is 0 Å². The molecule has 0 bridgehead atoms. The summed E-state index contributed by atoms with van der Waals surface area (Å²) in [6.45, 7) is 5.77. The van der Waals surface area contributed by atoms with Crippen molar-refractivity contribution in [2.75, 3.05) is 18.5 Å². The second-order valence-electron chi connectivity index (χ2n) is 10.1. The number of anilines is 1. The van der Waals surface area contributed by atoms with E-state index in [1.807, 2.05) is 61.5 Å². The number of aryl methyl sites for hydroxylation is 1. The second kappa shape index (κ2) is 12.9. The molecule has 0 fully saturated rings. The normalized spacial score (nSPS) is 12.6. The van der Waals surface area contributed by atoms with E-state index in [2.05, 4.69) is 10.6 Å². The Morgan fingerprint density at radius 2 is 1.69 bits per heavy atom. The Morgan fingerprint density at radius 3 is 2.28 bits per heavy atom. The van der Waals surface area contributed by atoms with Crippen LogP contribution in [-0.2, 0) is 20.7 Å². The van der Waals surface area contributed by atoms with Crippen LogP contribution in [0.2, 0.25) is 0 Å². The minimum absolute atomic E-state index is 0.462. The minimum Gasteiger partial charge on any atom is -0.444 e. The number of hydrogen-bond donors (Lipinski definition) is 3. The zero-order valence-electron chi connectivity index (χ0n) is 22.6. The fourth-order valence-electron chi connectivity index (χ4n) is 4.09. The van der Waals surface area contributed by atoms with E-state index in [0.29, 0.717) is 11.3 Å². The number of alkyl carbamates (subject to hydrolysis) is 1. The van der Waals surface area contributed by atoms with Crippen molar-refractivity contribution in [2.45, 2.75) is 51.8 Å². The van der Waals surface area contributed by atoms with E-state index in [4.69, 9.17) is 4.74 Å². The lowest BCUT2D eigenvalue weighted by Crippen LogP contribution is -2.54. The Hall–Kier alpha value is -4.42. The van der Waals surface area contributed by atoms with Crippen LogP contribution in [-0.4, -0.2) is 52.7 Å². The molecule has 0 aliphatic heterocycles. The molecular formula is C30H34N4O5. The number of benzene rings is 3. The lowest BCUT2D eigenvalue weighted by molar-refractivity contribution is -0.140. The van der Waals surface area contributed by atoms with E-state index < -0.39 is 48.7 Å². The summed E-state index contributed by atoms with van der Waals surface area (Å²) in [7, 11) is 0. The van der Waals surface area contributed by atoms with Crippen LogP contribution in [0.3, 0.4) is 0 Å². The number of ether oxygens (including phenoxy) is 1. The smallest absolute Gasteiger partial charge is 0.408 e. The van der Waals surface area contributed by atoms with Crippen molar-refractivity contribution in [3.8, 4) is 6.07 Å². The average molecular weight is 531 g/mol. The number of aliphatic hydroxyl groups excluding tert-OH is 1. The molecule has 9 nitrogen and oxygen atoms in total. The summed E-state index contributed by atoms with van der Waals surface area (Å²) in [5.41, 5.74) is 1.19. The van der Waals surface area contributed by atoms with Gasteiger partial charge in [0.15, 0.2) is 0 Å². The molecular weight excluding hydrogens is 496 g/mol. The van der Waals surface area contributed by atoms with Crippen molar-refractivity contribution in [3.05, 3.63) is 77.9 Å². The molecule has 0 aliphatic carbocycles. The van der Waals surface area contributed by atoms with Crippen LogP contribution in [0, 0.1) is 11.3 Å². The van der Waals surface area contributed by atoms with Gasteiger partial charge in [-0.15, -0.1) is 0 Å². The Bertz CT molecular complexity index is 1360. The zero-order valence-corrected chi connectivity index (χ0v) is 22.6. The van der Waals surface area contributed by atoms with Gasteiger partial charge < -0.3 is 25.4 Å². The molecule has 0 heterocycles. The predicted octanol–water partition coefficient (Wildman–Crippen LogP) is 4.32. The molecule has 0 radical (unpaired) electrons. The van der Waals surface area contributed by atoms with Crippen LogP contribution >= 0.6 is 0 Å². The Balaban J connectivity index is 1.97. The first-order chi connectivity index (χ1) is 18.6. The van der Waals surface area contributed by atoms with Gasteiger partial charge in [-0.1, -0.05) is 61.5 Å². The third-order valence-corrected chi connectivity index (χ3v) is 5.98. The third kappa shape index (κ3) is 7.79. The van der Waals surface area contributed by atoms with Crippen molar-refractivity contribution in [2.24, 2.45) is 0 Å². The SMILES string of the molecule is CCc1ccc(C(C(=O)Nc2ccc3ccccc3c2)N(CC#N)C(=O)C(CO)NC(=O)OC(C)(C)C)cc1. The van der Waals surface area contributed by atoms with E-state index >= 15 is 0 Å². The van der Waals surface area contributed by atoms with Gasteiger partial charge in [0.1, 0.15) is 24.2 Å². The van der Waals surface area contributed by atoms with Crippen LogP contribution in [0.25, 0.3) is 10.8 Å². The fourth-order valence-corrected chi connectivity index (χ4v) is 4.09. The summed E-state index contributed by atoms with van der Waals surface area (Å²) < 4.78 is 5.22. The van der Waals surface area contributed by atoms with Gasteiger partial charge in [0, 0.05) is 5.69 Å². The number of aliphatic hydroxyl groups is 1. The molecule has 3 aromatic carbocycles. The van der Waals surface area contributed by atoms with E-state index in [9.17, 15) is 24.8 Å². The maximum Gasteiger partial charge on any atom is 0.408 e. The first-order valence-electron chi connectivity index (χ1n) is 12.7. The van der Waals surface area contributed by atoms with Crippen LogP contribution in [0.5, 0.6) is 0 Å². The summed E-state index contributed by atoms with van der Waals surface area (Å²) in [5.74, 6) is -1.35. The highest BCUT2D eigenvalue weighted by Crippen LogP contribution is 2.26. The van der Waals surface area contributed by atoms with Gasteiger partial charge in [-0.05, 0) is 61.2 Å². The van der Waals surface area contributed by atoms with Crippen LogP contribution < -0.4 is 10.6 Å². The topological polar surface area (TPSA) is 132 Å². The zero-order chi connectivity index (χ0) is 28.6. The van der Waals surface area contributed by atoms with Crippen molar-refractivity contribution in [1.29, 1.82) is 5.26 Å². The molecule has 39 heavy (non-hydrogen) atoms. The van der Waals surface area contributed by atoms with Gasteiger partial charge >= 0.3 is 6.09 Å². The fraction of sp³-hybridized carbons (Fsp3) is 0.333. The van der Waals surface area contributed by atoms with E-state index in [0.717, 1.165) is 27.7 Å². The van der Waals surface area contributed by atoms with Crippen molar-refractivity contribution in [1.82, 2.24) is 10.2 Å². The van der Waals surface area contributed by atoms with Crippen LogP contribution in [0.4, 0.5) is 10.5 Å². The van der Waals surface area contributed by atoms with Gasteiger partial charge in [-0.3, -0.25) is 9.59 Å². The molecule has 2 atom stereocenters. The van der Waals surface area contributed by atoms with Gasteiger partial charge in [0.05, 0.1) is 12.7 Å². The Morgan fingerprint density at radius 1 is 1.03 bits per heavy atom. The number of hydrogen-bond acceptors (Lipinski definition) is 6. The molecule has 0 aliphatic rings. The molecule has 3 aromatic rings. The lowest BCUT2D eigenvalue weighted by Gasteiger charge is -2.32. The predicted molar refractivity (Wildman–Crippen MR) is 149 cm³/mol. The Labute approximate surface area is 228 Å². The number of carbonyl (C=O) groups is 3. The summed E-state index contributed by atoms with van der Waals surface area (Å²) in [6.07, 6.45) is -0.127. The number of amides is 3. The number of rotatable bonds is 9. The molecule has 0 saturated carbocycles. The van der Waals surface area contributed by atoms with E-state index in [1.54, 1.807) is 39.0 Å². The third-order valence-electron chi connectivity index (χ3n) is 5.98. The van der Waals surface area contributed by atoms with Crippen molar-refractivity contribution in [3.63, 3.8) is 0 Å². The molecule has 3 rings (SSSR count). The van der Waals surface area contributed by atoms with Gasteiger partial charge in [0.2, 0.25) is 5.91 Å². The first-order valence-corrected chi connectivity index (χ1v) is 12.7. The van der Waals surface area contributed by atoms with Gasteiger partial charge in [-0.2, -0.15) is 5.26 Å². The summed E-state index contributed by atoms with van der Waals surface area (Å²) in [6, 6.07) is 19.6. The Kier molecular flexibility index (Phi) is 9.63. The number of nitrogens with zero attached hydrogens (tertiary/aromatic N) is 2. The summed E-state index contributed by atoms with van der Waals surface area (Å²) >= 11 is 0. The first kappa shape index (κ1) is 29.1. The summed E-state index contributed by atoms with van der Waals surface area (Å²) in [5, 5.41) is 26.7. The largest absolute Gasteiger partial charge is 0.444 e. The van der Waals surface area contributed by atoms with Gasteiger partial charge in [0.25, 0.3) is 5.91 Å². The molecule has 0 spiro atoms. The quantitative estimate of drug-likeness (QED) is 0.353. The standard InChI is InChI=1S/C30H34N4O5/c1-5-20-10-12-22(13-11-20)26(27(36)32-24-15-14-21-8-6-7-9-23(21)18-24)34(17-16-31)28(37)25(19-35)33-29(38)39-30(2,3)4/h6-15,18,25-26,35H,5,17,19H2,1-4H3,(H,32,36)(H,33,38). The van der Waals surface area contributed by atoms with Crippen LogP contribution in [0.1, 0.15) is 44.9 Å². The molecule has 2 unspecified atom stereocenters. The van der Waals surface area contributed by atoms with Gasteiger partial charge in [-0.25, -0.2) is 4.79 Å². The van der Waals surface area contributed by atoms with E-state index in [1.165, 1.54) is 0 Å². The number of carbonyl (C=O) groups excluding carboxylic acids is 3. The number of nitriles is 1. The molecule has 0 aromatic heterocycles. The average Bonchev–Trinajstić information content (AvgIpc) is 2.90. The number of nitrogens with one attached hydrogen (secondary N) is 2. The maximum absolute atomic E-state index is 13.8. The molecule has 204 valence electrons. The van der Waals surface area contributed by atoms with Crippen molar-refractivity contribution < 1.29 is 24.2 Å². The van der Waals surface area contributed by atoms with Crippen molar-refractivity contribution >= 4 is 34.4 Å². The summed E-state index contributed by atoms with van der Waals surface area (Å²) in [4.78, 5) is 40.8. The maximum atomic E-state index is 13.8. The lowest BCUT2D eigenvalue weighted by atomic mass is 10.0. The molecule has 3 N–H and O–H groups in total. The van der Waals surface area contributed by atoms with Crippen LogP contribution in [0.15, 0.2) is 66.7 Å². The highest BCUT2D eigenvalue weighted by Gasteiger charge is 2.36. The molecule has 3 amide bonds.